The van der Waals surface area contributed by atoms with Gasteiger partial charge < -0.3 is 14.9 Å². The van der Waals surface area contributed by atoms with Crippen LogP contribution in [-0.4, -0.2) is 43.4 Å². The number of anilines is 1. The fourth-order valence-corrected chi connectivity index (χ4v) is 1.89. The second-order valence-electron chi connectivity index (χ2n) is 4.51. The first-order chi connectivity index (χ1) is 11.1. The Labute approximate surface area is 129 Å². The maximum Gasteiger partial charge on any atom is 0.358 e. The molecule has 0 aliphatic carbocycles. The van der Waals surface area contributed by atoms with Crippen LogP contribution >= 0.6 is 0 Å². The Balaban J connectivity index is 1.89. The van der Waals surface area contributed by atoms with Crippen LogP contribution in [0.3, 0.4) is 0 Å². The lowest BCUT2D eigenvalue weighted by atomic mass is 10.3. The molecule has 2 amide bonds. The zero-order valence-corrected chi connectivity index (χ0v) is 12.0. The molecule has 3 aromatic heterocycles. The van der Waals surface area contributed by atoms with Gasteiger partial charge in [-0.1, -0.05) is 5.16 Å². The molecular weight excluding hydrogens is 304 g/mol. The SMILES string of the molecule is CCNC(=O)Nc1ccc2nc(-c3cc(C(=O)O)no3)cn2n1. The van der Waals surface area contributed by atoms with Gasteiger partial charge in [0.1, 0.15) is 5.69 Å². The monoisotopic (exact) mass is 316 g/mol. The molecule has 3 heterocycles. The van der Waals surface area contributed by atoms with Crippen LogP contribution in [-0.2, 0) is 0 Å². The van der Waals surface area contributed by atoms with Gasteiger partial charge in [0.25, 0.3) is 0 Å². The van der Waals surface area contributed by atoms with E-state index in [0.29, 0.717) is 23.7 Å². The number of urea groups is 1. The maximum atomic E-state index is 11.5. The largest absolute Gasteiger partial charge is 0.476 e. The summed E-state index contributed by atoms with van der Waals surface area (Å²) in [6.07, 6.45) is 1.55. The fourth-order valence-electron chi connectivity index (χ4n) is 1.89. The number of hydrogen-bond acceptors (Lipinski definition) is 6. The second-order valence-corrected chi connectivity index (χ2v) is 4.51. The molecule has 0 fully saturated rings. The smallest absolute Gasteiger partial charge is 0.358 e. The first kappa shape index (κ1) is 14.5. The van der Waals surface area contributed by atoms with E-state index in [1.54, 1.807) is 25.3 Å². The molecule has 10 nitrogen and oxygen atoms in total. The van der Waals surface area contributed by atoms with Crippen LogP contribution in [0, 0.1) is 0 Å². The van der Waals surface area contributed by atoms with Crippen LogP contribution in [0.2, 0.25) is 0 Å². The quantitative estimate of drug-likeness (QED) is 0.658. The topological polar surface area (TPSA) is 135 Å². The number of carboxylic acid groups (broad SMARTS) is 1. The van der Waals surface area contributed by atoms with Gasteiger partial charge >= 0.3 is 12.0 Å². The minimum absolute atomic E-state index is 0.205. The third-order valence-electron chi connectivity index (χ3n) is 2.88. The summed E-state index contributed by atoms with van der Waals surface area (Å²) in [5.74, 6) is -0.627. The number of hydrogen-bond donors (Lipinski definition) is 3. The number of fused-ring (bicyclic) bond motifs is 1. The van der Waals surface area contributed by atoms with E-state index in [1.807, 2.05) is 0 Å². The first-order valence-corrected chi connectivity index (χ1v) is 6.68. The number of carbonyl (C=O) groups excluding carboxylic acids is 1. The molecule has 0 unspecified atom stereocenters. The Morgan fingerprint density at radius 1 is 1.39 bits per heavy atom. The molecule has 0 atom stereocenters. The first-order valence-electron chi connectivity index (χ1n) is 6.68. The van der Waals surface area contributed by atoms with E-state index in [0.717, 1.165) is 0 Å². The average Bonchev–Trinajstić information content (AvgIpc) is 3.13. The lowest BCUT2D eigenvalue weighted by Crippen LogP contribution is -2.28. The highest BCUT2D eigenvalue weighted by Gasteiger charge is 2.15. The molecule has 0 aliphatic rings. The summed E-state index contributed by atoms with van der Waals surface area (Å²) < 4.78 is 6.40. The van der Waals surface area contributed by atoms with Crippen LogP contribution in [0.1, 0.15) is 17.4 Å². The lowest BCUT2D eigenvalue weighted by molar-refractivity contribution is 0.0685. The van der Waals surface area contributed by atoms with E-state index in [4.69, 9.17) is 9.63 Å². The molecule has 23 heavy (non-hydrogen) atoms. The van der Waals surface area contributed by atoms with Crippen LogP contribution in [0.4, 0.5) is 10.6 Å². The van der Waals surface area contributed by atoms with E-state index in [-0.39, 0.29) is 17.5 Å². The van der Waals surface area contributed by atoms with Crippen LogP contribution < -0.4 is 10.6 Å². The zero-order valence-electron chi connectivity index (χ0n) is 12.0. The summed E-state index contributed by atoms with van der Waals surface area (Å²) in [5.41, 5.74) is 0.686. The molecular formula is C13H12N6O4. The van der Waals surface area contributed by atoms with Crippen molar-refractivity contribution in [3.63, 3.8) is 0 Å². The van der Waals surface area contributed by atoms with Gasteiger partial charge in [0.2, 0.25) is 0 Å². The molecule has 118 valence electrons. The highest BCUT2D eigenvalue weighted by Crippen LogP contribution is 2.20. The Bertz CT molecular complexity index is 884. The molecule has 0 radical (unpaired) electrons. The summed E-state index contributed by atoms with van der Waals surface area (Å²) >= 11 is 0. The summed E-state index contributed by atoms with van der Waals surface area (Å²) in [5, 5.41) is 21.6. The molecule has 0 aromatic carbocycles. The molecule has 0 bridgehead atoms. The summed E-state index contributed by atoms with van der Waals surface area (Å²) in [4.78, 5) is 26.5. The molecule has 0 saturated carbocycles. The molecule has 10 heteroatoms. The summed E-state index contributed by atoms with van der Waals surface area (Å²) in [7, 11) is 0. The number of nitrogens with zero attached hydrogens (tertiary/aromatic N) is 4. The van der Waals surface area contributed by atoms with Crippen LogP contribution in [0.15, 0.2) is 28.9 Å². The van der Waals surface area contributed by atoms with Gasteiger partial charge in [-0.25, -0.2) is 19.1 Å². The van der Waals surface area contributed by atoms with Crippen molar-refractivity contribution < 1.29 is 19.2 Å². The number of nitrogens with one attached hydrogen (secondary N) is 2. The van der Waals surface area contributed by atoms with Crippen molar-refractivity contribution in [3.05, 3.63) is 30.1 Å². The number of amides is 2. The Kier molecular flexibility index (Phi) is 3.63. The second kappa shape index (κ2) is 5.75. The Morgan fingerprint density at radius 3 is 2.91 bits per heavy atom. The van der Waals surface area contributed by atoms with Gasteiger partial charge in [-0.2, -0.15) is 0 Å². The highest BCUT2D eigenvalue weighted by atomic mass is 16.5. The van der Waals surface area contributed by atoms with Crippen molar-refractivity contribution in [2.75, 3.05) is 11.9 Å². The van der Waals surface area contributed by atoms with Crippen LogP contribution in [0.5, 0.6) is 0 Å². The minimum Gasteiger partial charge on any atom is -0.476 e. The van der Waals surface area contributed by atoms with E-state index in [9.17, 15) is 9.59 Å². The van der Waals surface area contributed by atoms with Crippen molar-refractivity contribution in [2.24, 2.45) is 0 Å². The number of rotatable bonds is 4. The third kappa shape index (κ3) is 2.95. The van der Waals surface area contributed by atoms with Gasteiger partial charge in [0, 0.05) is 12.6 Å². The number of carbonyl (C=O) groups is 2. The zero-order chi connectivity index (χ0) is 16.4. The maximum absolute atomic E-state index is 11.5. The van der Waals surface area contributed by atoms with Gasteiger partial charge in [0.05, 0.1) is 6.20 Å². The van der Waals surface area contributed by atoms with Crippen molar-refractivity contribution in [3.8, 4) is 11.5 Å². The number of aromatic carboxylic acids is 1. The normalized spacial score (nSPS) is 10.7. The predicted molar refractivity (Wildman–Crippen MR) is 78.1 cm³/mol. The Hall–Kier alpha value is -3.43. The number of imidazole rings is 1. The molecule has 3 aromatic rings. The molecule has 0 saturated heterocycles. The summed E-state index contributed by atoms with van der Waals surface area (Å²) in [6.45, 7) is 2.31. The highest BCUT2D eigenvalue weighted by molar-refractivity contribution is 5.88. The standard InChI is InChI=1S/C13H12N6O4/c1-2-14-13(22)16-10-3-4-11-15-8(6-19(11)17-10)9-5-7(12(20)21)18-23-9/h3-6H,2H2,1H3,(H,20,21)(H2,14,16,17,22). The van der Waals surface area contributed by atoms with Crippen molar-refractivity contribution in [2.45, 2.75) is 6.92 Å². The molecule has 3 N–H and O–H groups in total. The van der Waals surface area contributed by atoms with Gasteiger partial charge in [-0.05, 0) is 19.1 Å². The molecule has 0 spiro atoms. The van der Waals surface area contributed by atoms with E-state index in [2.05, 4.69) is 25.9 Å². The minimum atomic E-state index is -1.18. The van der Waals surface area contributed by atoms with Crippen LogP contribution in [0.25, 0.3) is 17.1 Å². The molecule has 0 aliphatic heterocycles. The predicted octanol–water partition coefficient (Wildman–Crippen LogP) is 1.22. The van der Waals surface area contributed by atoms with E-state index >= 15 is 0 Å². The lowest BCUT2D eigenvalue weighted by Gasteiger charge is -2.04. The number of carboxylic acids is 1. The van der Waals surface area contributed by atoms with Crippen molar-refractivity contribution >= 4 is 23.5 Å². The van der Waals surface area contributed by atoms with Gasteiger partial charge in [0.15, 0.2) is 22.9 Å². The fraction of sp³-hybridized carbons (Fsp3) is 0.154. The number of aromatic nitrogens is 4. The van der Waals surface area contributed by atoms with E-state index < -0.39 is 5.97 Å². The Morgan fingerprint density at radius 2 is 2.22 bits per heavy atom. The summed E-state index contributed by atoms with van der Waals surface area (Å²) in [6, 6.07) is 4.18. The van der Waals surface area contributed by atoms with Crippen molar-refractivity contribution in [1.29, 1.82) is 0 Å². The third-order valence-corrected chi connectivity index (χ3v) is 2.88. The van der Waals surface area contributed by atoms with Gasteiger partial charge in [-0.15, -0.1) is 5.10 Å². The average molecular weight is 316 g/mol. The van der Waals surface area contributed by atoms with Crippen molar-refractivity contribution in [1.82, 2.24) is 25.1 Å². The van der Waals surface area contributed by atoms with E-state index in [1.165, 1.54) is 10.6 Å². The van der Waals surface area contributed by atoms with Gasteiger partial charge in [-0.3, -0.25) is 5.32 Å². The molecule has 3 rings (SSSR count).